The van der Waals surface area contributed by atoms with Crippen LogP contribution in [0.2, 0.25) is 0 Å². The maximum absolute atomic E-state index is 11.0. The molecule has 0 fully saturated rings. The second kappa shape index (κ2) is 4.50. The lowest BCUT2D eigenvalue weighted by atomic mass is 10.0. The van der Waals surface area contributed by atoms with E-state index in [0.717, 1.165) is 0 Å². The fourth-order valence-electron chi connectivity index (χ4n) is 1.96. The molecule has 2 aromatic rings. The van der Waals surface area contributed by atoms with Gasteiger partial charge in [-0.1, -0.05) is 12.1 Å². The predicted molar refractivity (Wildman–Crippen MR) is 64.4 cm³/mol. The van der Waals surface area contributed by atoms with Crippen LogP contribution in [0.3, 0.4) is 0 Å². The third-order valence-corrected chi connectivity index (χ3v) is 2.77. The first kappa shape index (κ1) is 12.1. The molecule has 94 valence electrons. The molecule has 1 heterocycles. The highest BCUT2D eigenvalue weighted by atomic mass is 16.4. The smallest absolute Gasteiger partial charge is 0.337 e. The van der Waals surface area contributed by atoms with Gasteiger partial charge in [0, 0.05) is 17.6 Å². The van der Waals surface area contributed by atoms with Gasteiger partial charge >= 0.3 is 11.9 Å². The van der Waals surface area contributed by atoms with Gasteiger partial charge in [0.2, 0.25) is 0 Å². The largest absolute Gasteiger partial charge is 0.481 e. The average molecular weight is 248 g/mol. The first-order chi connectivity index (χ1) is 8.50. The fraction of sp³-hybridized carbons (Fsp3) is 0.167. The summed E-state index contributed by atoms with van der Waals surface area (Å²) in [7, 11) is 0. The van der Waals surface area contributed by atoms with Crippen molar-refractivity contribution in [2.75, 3.05) is 0 Å². The summed E-state index contributed by atoms with van der Waals surface area (Å²) in [4.78, 5) is 24.5. The molecule has 1 atom stereocenters. The molecule has 2 rings (SSSR count). The number of hydrogen-bond acceptors (Lipinski definition) is 3. The lowest BCUT2D eigenvalue weighted by Gasteiger charge is -2.07. The fourth-order valence-corrected chi connectivity index (χ4v) is 1.96. The number of rotatable bonds is 4. The van der Waals surface area contributed by atoms with E-state index in [2.05, 4.69) is 4.98 Å². The van der Waals surface area contributed by atoms with Crippen LogP contribution in [0.4, 0.5) is 0 Å². The molecule has 0 amide bonds. The lowest BCUT2D eigenvalue weighted by molar-refractivity contribution is -0.137. The van der Waals surface area contributed by atoms with Crippen LogP contribution in [0.1, 0.15) is 28.4 Å². The summed E-state index contributed by atoms with van der Waals surface area (Å²) in [6.45, 7) is 0. The number of fused-ring (bicyclic) bond motifs is 1. The topological polar surface area (TPSA) is 116 Å². The van der Waals surface area contributed by atoms with Gasteiger partial charge in [-0.3, -0.25) is 4.79 Å². The van der Waals surface area contributed by atoms with Gasteiger partial charge < -0.3 is 20.9 Å². The highest BCUT2D eigenvalue weighted by Crippen LogP contribution is 2.26. The van der Waals surface area contributed by atoms with Gasteiger partial charge in [0.25, 0.3) is 0 Å². The second-order valence-electron chi connectivity index (χ2n) is 3.98. The minimum Gasteiger partial charge on any atom is -0.481 e. The molecule has 6 nitrogen and oxygen atoms in total. The molecule has 0 saturated heterocycles. The third-order valence-electron chi connectivity index (χ3n) is 2.77. The number of aromatic carboxylic acids is 1. The summed E-state index contributed by atoms with van der Waals surface area (Å²) in [5, 5.41) is 18.4. The van der Waals surface area contributed by atoms with E-state index >= 15 is 0 Å². The van der Waals surface area contributed by atoms with Gasteiger partial charge in [0.05, 0.1) is 17.5 Å². The van der Waals surface area contributed by atoms with Crippen LogP contribution >= 0.6 is 0 Å². The molecule has 0 radical (unpaired) electrons. The number of benzene rings is 1. The van der Waals surface area contributed by atoms with Crippen molar-refractivity contribution in [1.82, 2.24) is 4.98 Å². The summed E-state index contributed by atoms with van der Waals surface area (Å²) < 4.78 is 0. The van der Waals surface area contributed by atoms with Gasteiger partial charge in [-0.25, -0.2) is 4.79 Å². The number of carbonyl (C=O) groups is 2. The number of aromatic nitrogens is 1. The minimum absolute atomic E-state index is 0.140. The number of H-pyrrole nitrogens is 1. The number of nitrogens with two attached hydrogens (primary N) is 1. The van der Waals surface area contributed by atoms with Crippen LogP contribution in [0.25, 0.3) is 10.9 Å². The summed E-state index contributed by atoms with van der Waals surface area (Å²) in [5.41, 5.74) is 6.99. The number of carboxylic acid groups (broad SMARTS) is 2. The molecule has 18 heavy (non-hydrogen) atoms. The first-order valence-corrected chi connectivity index (χ1v) is 5.31. The molecule has 0 bridgehead atoms. The van der Waals surface area contributed by atoms with E-state index in [4.69, 9.17) is 15.9 Å². The molecule has 1 unspecified atom stereocenters. The van der Waals surface area contributed by atoms with Gasteiger partial charge in [0.15, 0.2) is 0 Å². The van der Waals surface area contributed by atoms with Gasteiger partial charge in [-0.2, -0.15) is 0 Å². The zero-order chi connectivity index (χ0) is 13.3. The van der Waals surface area contributed by atoms with Crippen LogP contribution < -0.4 is 5.73 Å². The van der Waals surface area contributed by atoms with Gasteiger partial charge in [-0.05, 0) is 11.6 Å². The van der Waals surface area contributed by atoms with Crippen molar-refractivity contribution in [3.8, 4) is 0 Å². The van der Waals surface area contributed by atoms with Crippen LogP contribution in [-0.4, -0.2) is 27.1 Å². The van der Waals surface area contributed by atoms with Crippen LogP contribution in [0.15, 0.2) is 24.4 Å². The Kier molecular flexibility index (Phi) is 3.03. The Labute approximate surface area is 102 Å². The number of nitrogens with one attached hydrogen (secondary N) is 1. The van der Waals surface area contributed by atoms with Gasteiger partial charge in [-0.15, -0.1) is 0 Å². The average Bonchev–Trinajstić information content (AvgIpc) is 2.70. The molecule has 0 aliphatic rings. The minimum atomic E-state index is -1.04. The van der Waals surface area contributed by atoms with Crippen LogP contribution in [0, 0.1) is 0 Å². The number of aliphatic carboxylic acids is 1. The monoisotopic (exact) mass is 248 g/mol. The normalized spacial score (nSPS) is 12.5. The summed E-state index contributed by atoms with van der Waals surface area (Å²) in [6, 6.07) is 4.14. The number of carboxylic acids is 2. The molecule has 1 aromatic heterocycles. The van der Waals surface area contributed by atoms with E-state index in [1.807, 2.05) is 0 Å². The van der Waals surface area contributed by atoms with E-state index in [1.54, 1.807) is 18.3 Å². The Bertz CT molecular complexity index is 618. The summed E-state index contributed by atoms with van der Waals surface area (Å²) in [5.74, 6) is -2.04. The number of hydrogen-bond donors (Lipinski definition) is 4. The van der Waals surface area contributed by atoms with Crippen molar-refractivity contribution >= 4 is 22.8 Å². The van der Waals surface area contributed by atoms with Crippen molar-refractivity contribution in [1.29, 1.82) is 0 Å². The van der Waals surface area contributed by atoms with Crippen molar-refractivity contribution in [2.45, 2.75) is 12.5 Å². The van der Waals surface area contributed by atoms with E-state index in [0.29, 0.717) is 16.5 Å². The second-order valence-corrected chi connectivity index (χ2v) is 3.98. The molecule has 0 saturated carbocycles. The highest BCUT2D eigenvalue weighted by Gasteiger charge is 2.17. The Balaban J connectivity index is 2.52. The molecular formula is C12H12N2O4. The quantitative estimate of drug-likeness (QED) is 0.651. The van der Waals surface area contributed by atoms with Crippen molar-refractivity contribution < 1.29 is 19.8 Å². The Morgan fingerprint density at radius 2 is 2.06 bits per heavy atom. The molecule has 6 heteroatoms. The zero-order valence-corrected chi connectivity index (χ0v) is 9.38. The predicted octanol–water partition coefficient (Wildman–Crippen LogP) is 1.34. The van der Waals surface area contributed by atoms with E-state index in [9.17, 15) is 9.59 Å². The zero-order valence-electron chi connectivity index (χ0n) is 9.38. The maximum Gasteiger partial charge on any atom is 0.337 e. The summed E-state index contributed by atoms with van der Waals surface area (Å²) >= 11 is 0. The molecule has 0 aliphatic heterocycles. The van der Waals surface area contributed by atoms with Gasteiger partial charge in [0.1, 0.15) is 0 Å². The van der Waals surface area contributed by atoms with Crippen molar-refractivity contribution in [3.63, 3.8) is 0 Å². The van der Waals surface area contributed by atoms with E-state index in [1.165, 1.54) is 6.07 Å². The first-order valence-electron chi connectivity index (χ1n) is 5.31. The van der Waals surface area contributed by atoms with Crippen LogP contribution in [0.5, 0.6) is 0 Å². The van der Waals surface area contributed by atoms with E-state index in [-0.39, 0.29) is 12.0 Å². The Morgan fingerprint density at radius 3 is 2.67 bits per heavy atom. The maximum atomic E-state index is 11.0. The number of para-hydroxylation sites is 1. The molecular weight excluding hydrogens is 236 g/mol. The summed E-state index contributed by atoms with van der Waals surface area (Å²) in [6.07, 6.45) is 1.36. The van der Waals surface area contributed by atoms with Crippen molar-refractivity contribution in [2.24, 2.45) is 5.73 Å². The standard InChI is InChI=1S/C12H12N2O4/c13-9(4-10(15)16)8-5-14-11-6(8)2-1-3-7(11)12(17)18/h1-3,5,9,14H,4,13H2,(H,15,16)(H,17,18). The highest BCUT2D eigenvalue weighted by molar-refractivity contribution is 6.03. The Hall–Kier alpha value is -2.34. The number of aromatic amines is 1. The lowest BCUT2D eigenvalue weighted by Crippen LogP contribution is -2.14. The van der Waals surface area contributed by atoms with E-state index < -0.39 is 18.0 Å². The molecule has 1 aromatic carbocycles. The molecule has 0 spiro atoms. The molecule has 5 N–H and O–H groups in total. The molecule has 0 aliphatic carbocycles. The third kappa shape index (κ3) is 2.05. The van der Waals surface area contributed by atoms with Crippen molar-refractivity contribution in [3.05, 3.63) is 35.5 Å². The Morgan fingerprint density at radius 1 is 1.33 bits per heavy atom. The SMILES string of the molecule is NC(CC(=O)O)c1c[nH]c2c(C(=O)O)cccc12. The van der Waals surface area contributed by atoms with Crippen LogP contribution in [-0.2, 0) is 4.79 Å².